The first-order valence-electron chi connectivity index (χ1n) is 7.05. The summed E-state index contributed by atoms with van der Waals surface area (Å²) in [6.07, 6.45) is 0.456. The summed E-state index contributed by atoms with van der Waals surface area (Å²) >= 11 is 0. The van der Waals surface area contributed by atoms with Gasteiger partial charge in [0.1, 0.15) is 5.60 Å². The molecule has 0 atom stereocenters. The average molecular weight is 295 g/mol. The molecule has 21 heavy (non-hydrogen) atoms. The van der Waals surface area contributed by atoms with Crippen molar-refractivity contribution < 1.29 is 9.90 Å². The molecule has 1 amide bonds. The minimum absolute atomic E-state index is 0.0923. The summed E-state index contributed by atoms with van der Waals surface area (Å²) in [6.45, 7) is 6.16. The van der Waals surface area contributed by atoms with Crippen LogP contribution < -0.4 is 11.2 Å². The monoisotopic (exact) mass is 295 g/mol. The maximum Gasteiger partial charge on any atom is 0.325 e. The molecule has 1 aliphatic rings. The SMILES string of the molecule is Cc1[nH]c(=O)[nH]c(=O)c1CCC(=O)N1CC(O)(C(C)C)C1. The van der Waals surface area contributed by atoms with Gasteiger partial charge >= 0.3 is 5.69 Å². The van der Waals surface area contributed by atoms with E-state index in [-0.39, 0.29) is 24.7 Å². The molecule has 0 bridgehead atoms. The molecule has 0 aromatic carbocycles. The van der Waals surface area contributed by atoms with E-state index in [2.05, 4.69) is 9.97 Å². The van der Waals surface area contributed by atoms with Gasteiger partial charge in [-0.05, 0) is 19.3 Å². The number of likely N-dealkylation sites (tertiary alicyclic amines) is 1. The van der Waals surface area contributed by atoms with E-state index in [1.54, 1.807) is 11.8 Å². The Balaban J connectivity index is 1.95. The molecule has 0 aliphatic carbocycles. The predicted octanol–water partition coefficient (Wildman–Crippen LogP) is -0.466. The van der Waals surface area contributed by atoms with E-state index in [1.807, 2.05) is 13.8 Å². The number of carbonyl (C=O) groups is 1. The van der Waals surface area contributed by atoms with E-state index in [1.165, 1.54) is 0 Å². The number of β-amino-alcohol motifs (C(OH)–C–C–N with tert-alkyl or cyclic N) is 1. The second kappa shape index (κ2) is 5.48. The van der Waals surface area contributed by atoms with E-state index in [4.69, 9.17) is 0 Å². The minimum atomic E-state index is -0.791. The van der Waals surface area contributed by atoms with Crippen LogP contribution >= 0.6 is 0 Å². The molecule has 3 N–H and O–H groups in total. The number of aromatic amines is 2. The number of aryl methyl sites for hydroxylation is 1. The Morgan fingerprint density at radius 2 is 1.95 bits per heavy atom. The van der Waals surface area contributed by atoms with Crippen molar-refractivity contribution in [3.63, 3.8) is 0 Å². The molecule has 7 heteroatoms. The lowest BCUT2D eigenvalue weighted by Gasteiger charge is -2.49. The van der Waals surface area contributed by atoms with Gasteiger partial charge in [0.05, 0.1) is 13.1 Å². The standard InChI is InChI=1S/C14H21N3O4/c1-8(2)14(21)6-17(7-14)11(18)5-4-10-9(3)15-13(20)16-12(10)19/h8,21H,4-7H2,1-3H3,(H2,15,16,19,20). The van der Waals surface area contributed by atoms with Crippen LogP contribution in [0.1, 0.15) is 31.5 Å². The third-order valence-electron chi connectivity index (χ3n) is 4.20. The van der Waals surface area contributed by atoms with Crippen molar-refractivity contribution in [1.29, 1.82) is 0 Å². The molecular formula is C14H21N3O4. The summed E-state index contributed by atoms with van der Waals surface area (Å²) in [5.74, 6) is 0.0103. The zero-order chi connectivity index (χ0) is 15.8. The van der Waals surface area contributed by atoms with Crippen molar-refractivity contribution in [2.75, 3.05) is 13.1 Å². The van der Waals surface area contributed by atoms with Gasteiger partial charge in [0.2, 0.25) is 5.91 Å². The summed E-state index contributed by atoms with van der Waals surface area (Å²) < 4.78 is 0. The fourth-order valence-corrected chi connectivity index (χ4v) is 2.47. The van der Waals surface area contributed by atoms with Crippen LogP contribution in [0.2, 0.25) is 0 Å². The maximum absolute atomic E-state index is 12.0. The van der Waals surface area contributed by atoms with Crippen molar-refractivity contribution in [1.82, 2.24) is 14.9 Å². The van der Waals surface area contributed by atoms with Gasteiger partial charge in [-0.3, -0.25) is 14.6 Å². The van der Waals surface area contributed by atoms with Crippen LogP contribution in [0.3, 0.4) is 0 Å². The van der Waals surface area contributed by atoms with Gasteiger partial charge in [-0.1, -0.05) is 13.8 Å². The van der Waals surface area contributed by atoms with Crippen LogP contribution in [0.25, 0.3) is 0 Å². The molecule has 1 saturated heterocycles. The van der Waals surface area contributed by atoms with Gasteiger partial charge in [0.25, 0.3) is 5.56 Å². The minimum Gasteiger partial charge on any atom is -0.386 e. The van der Waals surface area contributed by atoms with Gasteiger partial charge < -0.3 is 15.0 Å². The van der Waals surface area contributed by atoms with Gasteiger partial charge in [0, 0.05) is 17.7 Å². The number of nitrogens with zero attached hydrogens (tertiary/aromatic N) is 1. The fraction of sp³-hybridized carbons (Fsp3) is 0.643. The lowest BCUT2D eigenvalue weighted by molar-refractivity contribution is -0.163. The first-order valence-corrected chi connectivity index (χ1v) is 7.05. The van der Waals surface area contributed by atoms with Crippen molar-refractivity contribution in [2.24, 2.45) is 5.92 Å². The number of aromatic nitrogens is 2. The largest absolute Gasteiger partial charge is 0.386 e. The zero-order valence-corrected chi connectivity index (χ0v) is 12.5. The molecule has 7 nitrogen and oxygen atoms in total. The Morgan fingerprint density at radius 3 is 2.48 bits per heavy atom. The highest BCUT2D eigenvalue weighted by atomic mass is 16.3. The molecule has 1 aromatic heterocycles. The predicted molar refractivity (Wildman–Crippen MR) is 77.1 cm³/mol. The number of hydrogen-bond acceptors (Lipinski definition) is 4. The maximum atomic E-state index is 12.0. The van der Waals surface area contributed by atoms with E-state index >= 15 is 0 Å². The molecule has 1 fully saturated rings. The van der Waals surface area contributed by atoms with Gasteiger partial charge in [-0.25, -0.2) is 4.79 Å². The van der Waals surface area contributed by atoms with Gasteiger partial charge in [0.15, 0.2) is 0 Å². The van der Waals surface area contributed by atoms with Crippen LogP contribution in [-0.2, 0) is 11.2 Å². The molecular weight excluding hydrogens is 274 g/mol. The van der Waals surface area contributed by atoms with E-state index in [9.17, 15) is 19.5 Å². The summed E-state index contributed by atoms with van der Waals surface area (Å²) in [4.78, 5) is 41.1. The van der Waals surface area contributed by atoms with E-state index in [0.29, 0.717) is 24.3 Å². The highest BCUT2D eigenvalue weighted by Crippen LogP contribution is 2.29. The molecule has 0 radical (unpaired) electrons. The number of carbonyl (C=O) groups excluding carboxylic acids is 1. The average Bonchev–Trinajstić information content (AvgIpc) is 2.32. The number of H-pyrrole nitrogens is 2. The van der Waals surface area contributed by atoms with Crippen molar-refractivity contribution >= 4 is 5.91 Å². The Hall–Kier alpha value is -1.89. The third kappa shape index (κ3) is 3.07. The Morgan fingerprint density at radius 1 is 1.33 bits per heavy atom. The number of hydrogen-bond donors (Lipinski definition) is 3. The van der Waals surface area contributed by atoms with Crippen LogP contribution in [0.5, 0.6) is 0 Å². The third-order valence-corrected chi connectivity index (χ3v) is 4.20. The summed E-state index contributed by atoms with van der Waals surface area (Å²) in [6, 6.07) is 0. The molecule has 1 aromatic rings. The lowest BCUT2D eigenvalue weighted by atomic mass is 9.83. The Bertz CT molecular complexity index is 653. The highest BCUT2D eigenvalue weighted by molar-refractivity contribution is 5.77. The number of nitrogens with one attached hydrogen (secondary N) is 2. The zero-order valence-electron chi connectivity index (χ0n) is 12.5. The number of amides is 1. The smallest absolute Gasteiger partial charge is 0.325 e. The molecule has 1 aliphatic heterocycles. The molecule has 0 saturated carbocycles. The van der Waals surface area contributed by atoms with Gasteiger partial charge in [-0.15, -0.1) is 0 Å². The molecule has 0 spiro atoms. The van der Waals surface area contributed by atoms with Crippen LogP contribution in [0.4, 0.5) is 0 Å². The molecule has 0 unspecified atom stereocenters. The quantitative estimate of drug-likeness (QED) is 0.698. The van der Waals surface area contributed by atoms with E-state index < -0.39 is 16.9 Å². The normalized spacial score (nSPS) is 16.9. The van der Waals surface area contributed by atoms with Crippen molar-refractivity contribution in [3.05, 3.63) is 32.1 Å². The van der Waals surface area contributed by atoms with E-state index in [0.717, 1.165) is 0 Å². The van der Waals surface area contributed by atoms with Crippen LogP contribution in [-0.4, -0.2) is 44.6 Å². The molecule has 116 valence electrons. The van der Waals surface area contributed by atoms with Crippen molar-refractivity contribution in [2.45, 2.75) is 39.2 Å². The highest BCUT2D eigenvalue weighted by Gasteiger charge is 2.45. The summed E-state index contributed by atoms with van der Waals surface area (Å²) in [5.41, 5.74) is -0.883. The van der Waals surface area contributed by atoms with Crippen molar-refractivity contribution in [3.8, 4) is 0 Å². The topological polar surface area (TPSA) is 106 Å². The summed E-state index contributed by atoms with van der Waals surface area (Å²) in [7, 11) is 0. The number of rotatable bonds is 4. The second-order valence-electron chi connectivity index (χ2n) is 6.02. The lowest BCUT2D eigenvalue weighted by Crippen LogP contribution is -2.66. The number of aliphatic hydroxyl groups is 1. The Labute approximate surface area is 122 Å². The molecule has 2 heterocycles. The van der Waals surface area contributed by atoms with Crippen LogP contribution in [0.15, 0.2) is 9.59 Å². The Kier molecular flexibility index (Phi) is 4.04. The summed E-state index contributed by atoms with van der Waals surface area (Å²) in [5, 5.41) is 10.1. The fourth-order valence-electron chi connectivity index (χ4n) is 2.47. The molecule has 2 rings (SSSR count). The first kappa shape index (κ1) is 15.5. The van der Waals surface area contributed by atoms with Crippen LogP contribution in [0, 0.1) is 12.8 Å². The first-order chi connectivity index (χ1) is 9.73. The second-order valence-corrected chi connectivity index (χ2v) is 6.02. The van der Waals surface area contributed by atoms with Gasteiger partial charge in [-0.2, -0.15) is 0 Å².